The minimum atomic E-state index is -0.312. The van der Waals surface area contributed by atoms with Gasteiger partial charge in [0.1, 0.15) is 17.0 Å². The number of nitrogens with one attached hydrogen (secondary N) is 3. The van der Waals surface area contributed by atoms with Crippen molar-refractivity contribution in [3.63, 3.8) is 0 Å². The molecule has 0 aliphatic heterocycles. The third-order valence-corrected chi connectivity index (χ3v) is 6.90. The average molecular weight is 540 g/mol. The second kappa shape index (κ2) is 10.1. The molecule has 9 heteroatoms. The van der Waals surface area contributed by atoms with Crippen molar-refractivity contribution >= 4 is 33.5 Å². The zero-order valence-corrected chi connectivity index (χ0v) is 21.6. The fraction of sp³-hybridized carbons (Fsp3) is 0.0312. The zero-order chi connectivity index (χ0) is 27.8. The molecule has 8 nitrogen and oxygen atoms in total. The Morgan fingerprint density at radius 2 is 1.66 bits per heavy atom. The fourth-order valence-electron chi connectivity index (χ4n) is 4.96. The highest BCUT2D eigenvalue weighted by Crippen LogP contribution is 2.34. The maximum Gasteiger partial charge on any atom is 0.228 e. The van der Waals surface area contributed by atoms with Crippen molar-refractivity contribution in [3.8, 4) is 33.8 Å². The number of rotatable bonds is 6. The van der Waals surface area contributed by atoms with E-state index in [0.29, 0.717) is 33.7 Å². The van der Waals surface area contributed by atoms with Crippen LogP contribution in [0.4, 0.5) is 10.1 Å². The van der Waals surface area contributed by atoms with Gasteiger partial charge in [-0.25, -0.2) is 9.37 Å². The minimum absolute atomic E-state index is 0.126. The topological polar surface area (TPSA) is 112 Å². The molecule has 41 heavy (non-hydrogen) atoms. The largest absolute Gasteiger partial charge is 0.352 e. The first-order valence-electron chi connectivity index (χ1n) is 13.0. The SMILES string of the molecule is O=C(Cc1ccccc1)Nc1cncc(-c2ccc3[nH]nc(-c4cc5c(-c6ccccc6F)cncc5[nH]4)c3n2)c1. The van der Waals surface area contributed by atoms with E-state index in [9.17, 15) is 9.18 Å². The summed E-state index contributed by atoms with van der Waals surface area (Å²) in [4.78, 5) is 29.5. The molecule has 0 atom stereocenters. The van der Waals surface area contributed by atoms with E-state index in [0.717, 1.165) is 33.2 Å². The van der Waals surface area contributed by atoms with E-state index in [1.165, 1.54) is 6.07 Å². The normalized spacial score (nSPS) is 11.2. The number of H-pyrrole nitrogens is 2. The predicted octanol–water partition coefficient (Wildman–Crippen LogP) is 6.55. The van der Waals surface area contributed by atoms with Gasteiger partial charge in [-0.3, -0.25) is 19.9 Å². The van der Waals surface area contributed by atoms with Crippen LogP contribution in [0.3, 0.4) is 0 Å². The quantitative estimate of drug-likeness (QED) is 0.222. The van der Waals surface area contributed by atoms with Crippen LogP contribution in [0.1, 0.15) is 5.56 Å². The van der Waals surface area contributed by atoms with E-state index in [-0.39, 0.29) is 18.1 Å². The maximum absolute atomic E-state index is 14.6. The second-order valence-electron chi connectivity index (χ2n) is 9.65. The number of aromatic nitrogens is 6. The zero-order valence-electron chi connectivity index (χ0n) is 21.6. The Bertz CT molecular complexity index is 2050. The van der Waals surface area contributed by atoms with Crippen LogP contribution in [0.5, 0.6) is 0 Å². The van der Waals surface area contributed by atoms with Gasteiger partial charge in [0, 0.05) is 34.5 Å². The Labute approximate surface area is 233 Å². The van der Waals surface area contributed by atoms with E-state index in [1.54, 1.807) is 43.0 Å². The van der Waals surface area contributed by atoms with Gasteiger partial charge >= 0.3 is 0 Å². The third-order valence-electron chi connectivity index (χ3n) is 6.90. The number of pyridine rings is 3. The summed E-state index contributed by atoms with van der Waals surface area (Å²) in [5.74, 6) is -0.438. The molecule has 5 heterocycles. The fourth-order valence-corrected chi connectivity index (χ4v) is 4.96. The summed E-state index contributed by atoms with van der Waals surface area (Å²) in [6.07, 6.45) is 6.96. The lowest BCUT2D eigenvalue weighted by atomic mass is 10.0. The van der Waals surface area contributed by atoms with Crippen molar-refractivity contribution in [2.24, 2.45) is 0 Å². The molecule has 0 bridgehead atoms. The van der Waals surface area contributed by atoms with E-state index >= 15 is 0 Å². The van der Waals surface area contributed by atoms with Crippen LogP contribution in [0, 0.1) is 5.82 Å². The number of carbonyl (C=O) groups excluding carboxylic acids is 1. The summed E-state index contributed by atoms with van der Waals surface area (Å²) >= 11 is 0. The third kappa shape index (κ3) is 4.70. The summed E-state index contributed by atoms with van der Waals surface area (Å²) in [5.41, 5.74) is 7.64. The summed E-state index contributed by atoms with van der Waals surface area (Å²) in [5, 5.41) is 11.3. The van der Waals surface area contributed by atoms with Gasteiger partial charge < -0.3 is 10.3 Å². The van der Waals surface area contributed by atoms with Gasteiger partial charge in [-0.05, 0) is 35.9 Å². The first-order chi connectivity index (χ1) is 20.1. The van der Waals surface area contributed by atoms with Crippen LogP contribution < -0.4 is 5.32 Å². The smallest absolute Gasteiger partial charge is 0.228 e. The number of nitrogens with zero attached hydrogens (tertiary/aromatic N) is 4. The lowest BCUT2D eigenvalue weighted by Crippen LogP contribution is -2.14. The molecule has 3 N–H and O–H groups in total. The number of halogens is 1. The number of fused-ring (bicyclic) bond motifs is 2. The van der Waals surface area contributed by atoms with Crippen molar-refractivity contribution in [2.45, 2.75) is 6.42 Å². The monoisotopic (exact) mass is 539 g/mol. The van der Waals surface area contributed by atoms with Gasteiger partial charge in [-0.15, -0.1) is 0 Å². The van der Waals surface area contributed by atoms with Gasteiger partial charge in [-0.1, -0.05) is 48.5 Å². The lowest BCUT2D eigenvalue weighted by molar-refractivity contribution is -0.115. The molecule has 0 saturated heterocycles. The van der Waals surface area contributed by atoms with Crippen molar-refractivity contribution in [1.82, 2.24) is 30.1 Å². The van der Waals surface area contributed by atoms with Gasteiger partial charge in [0.15, 0.2) is 0 Å². The van der Waals surface area contributed by atoms with E-state index in [1.807, 2.05) is 54.6 Å². The number of hydrogen-bond acceptors (Lipinski definition) is 5. The second-order valence-corrected chi connectivity index (χ2v) is 9.65. The molecule has 0 unspecified atom stereocenters. The number of benzene rings is 2. The highest BCUT2D eigenvalue weighted by atomic mass is 19.1. The van der Waals surface area contributed by atoms with Gasteiger partial charge in [0.2, 0.25) is 5.91 Å². The van der Waals surface area contributed by atoms with Crippen molar-refractivity contribution in [2.75, 3.05) is 5.32 Å². The summed E-state index contributed by atoms with van der Waals surface area (Å²) in [7, 11) is 0. The molecule has 0 fully saturated rings. The van der Waals surface area contributed by atoms with Crippen LogP contribution in [0.15, 0.2) is 104 Å². The lowest BCUT2D eigenvalue weighted by Gasteiger charge is -2.07. The molecule has 0 saturated carbocycles. The van der Waals surface area contributed by atoms with Crippen molar-refractivity contribution in [1.29, 1.82) is 0 Å². The summed E-state index contributed by atoms with van der Waals surface area (Å²) in [6, 6.07) is 23.8. The van der Waals surface area contributed by atoms with Crippen LogP contribution in [0.2, 0.25) is 0 Å². The van der Waals surface area contributed by atoms with E-state index < -0.39 is 0 Å². The highest BCUT2D eigenvalue weighted by Gasteiger charge is 2.17. The van der Waals surface area contributed by atoms with Gasteiger partial charge in [0.05, 0.1) is 46.9 Å². The Morgan fingerprint density at radius 1 is 0.829 bits per heavy atom. The number of aromatic amines is 2. The molecule has 2 aromatic carbocycles. The summed E-state index contributed by atoms with van der Waals surface area (Å²) in [6.45, 7) is 0. The maximum atomic E-state index is 14.6. The first-order valence-corrected chi connectivity index (χ1v) is 13.0. The molecule has 1 amide bonds. The standard InChI is InChI=1S/C32H22FN7O/c33-25-9-5-4-8-22(25)24-17-35-18-29-23(24)14-28(37-29)32-31-27(39-40-32)11-10-26(38-31)20-13-21(16-34-15-20)36-30(41)12-19-6-2-1-3-7-19/h1-11,13-18,37H,12H2,(H,36,41)(H,39,40). The predicted molar refractivity (Wildman–Crippen MR) is 156 cm³/mol. The Kier molecular flexibility index (Phi) is 6.01. The number of carbonyl (C=O) groups is 1. The Balaban J connectivity index is 1.22. The van der Waals surface area contributed by atoms with Gasteiger partial charge in [0.25, 0.3) is 0 Å². The number of amides is 1. The Hall–Kier alpha value is -5.70. The molecular weight excluding hydrogens is 517 g/mol. The molecular formula is C32H22FN7O. The molecule has 0 radical (unpaired) electrons. The Morgan fingerprint density at radius 3 is 2.54 bits per heavy atom. The molecule has 0 spiro atoms. The van der Waals surface area contributed by atoms with Crippen LogP contribution in [0.25, 0.3) is 55.7 Å². The molecule has 0 aliphatic rings. The van der Waals surface area contributed by atoms with E-state index in [2.05, 4.69) is 30.5 Å². The molecule has 7 aromatic rings. The molecule has 5 aromatic heterocycles. The summed E-state index contributed by atoms with van der Waals surface area (Å²) < 4.78 is 14.6. The highest BCUT2D eigenvalue weighted by molar-refractivity contribution is 6.00. The molecule has 198 valence electrons. The van der Waals surface area contributed by atoms with Crippen LogP contribution >= 0.6 is 0 Å². The van der Waals surface area contributed by atoms with Gasteiger partial charge in [-0.2, -0.15) is 5.10 Å². The van der Waals surface area contributed by atoms with Crippen molar-refractivity contribution < 1.29 is 9.18 Å². The minimum Gasteiger partial charge on any atom is -0.352 e. The number of anilines is 1. The molecule has 7 rings (SSSR count). The van der Waals surface area contributed by atoms with Crippen LogP contribution in [-0.4, -0.2) is 36.0 Å². The average Bonchev–Trinajstić information content (AvgIpc) is 3.62. The first kappa shape index (κ1) is 24.3. The van der Waals surface area contributed by atoms with Crippen LogP contribution in [-0.2, 0) is 11.2 Å². The number of hydrogen-bond donors (Lipinski definition) is 3. The van der Waals surface area contributed by atoms with E-state index in [4.69, 9.17) is 4.98 Å². The molecule has 0 aliphatic carbocycles. The van der Waals surface area contributed by atoms with Crippen molar-refractivity contribution in [3.05, 3.63) is 115 Å².